The van der Waals surface area contributed by atoms with Crippen molar-refractivity contribution in [3.05, 3.63) is 72.0 Å². The van der Waals surface area contributed by atoms with Gasteiger partial charge in [0.2, 0.25) is 17.7 Å². The largest absolute Gasteiger partial charge is 0.451 e. The Labute approximate surface area is 214 Å². The highest BCUT2D eigenvalue weighted by atomic mass is 16.3. The van der Waals surface area contributed by atoms with Gasteiger partial charge in [-0.3, -0.25) is 29.3 Å². The smallest absolute Gasteiger partial charge is 0.287 e. The molecule has 1 fully saturated rings. The molecule has 0 spiro atoms. The predicted molar refractivity (Wildman–Crippen MR) is 135 cm³/mol. The maximum Gasteiger partial charge on any atom is 0.287 e. The summed E-state index contributed by atoms with van der Waals surface area (Å²) >= 11 is 0. The van der Waals surface area contributed by atoms with Gasteiger partial charge in [0.15, 0.2) is 11.5 Å². The van der Waals surface area contributed by atoms with Crippen molar-refractivity contribution in [2.24, 2.45) is 17.8 Å². The fourth-order valence-corrected chi connectivity index (χ4v) is 4.51. The molecule has 1 aliphatic heterocycles. The first-order valence-electron chi connectivity index (χ1n) is 12.2. The zero-order valence-corrected chi connectivity index (χ0v) is 20.8. The summed E-state index contributed by atoms with van der Waals surface area (Å²) < 4.78 is 5.66. The van der Waals surface area contributed by atoms with Gasteiger partial charge in [-0.25, -0.2) is 0 Å². The first kappa shape index (κ1) is 25.8. The minimum Gasteiger partial charge on any atom is -0.451 e. The molecule has 3 aromatic rings. The Morgan fingerprint density at radius 1 is 0.946 bits per heavy atom. The Morgan fingerprint density at radius 3 is 2.24 bits per heavy atom. The van der Waals surface area contributed by atoms with E-state index in [9.17, 15) is 24.0 Å². The van der Waals surface area contributed by atoms with E-state index in [0.29, 0.717) is 11.1 Å². The molecule has 2 aromatic carbocycles. The number of furan rings is 1. The number of benzene rings is 2. The second kappa shape index (κ2) is 10.8. The number of hydrogen-bond donors (Lipinski definition) is 3. The van der Waals surface area contributed by atoms with Gasteiger partial charge < -0.3 is 15.1 Å². The fourth-order valence-electron chi connectivity index (χ4n) is 4.51. The van der Waals surface area contributed by atoms with Crippen molar-refractivity contribution in [1.82, 2.24) is 16.0 Å². The van der Waals surface area contributed by atoms with Crippen molar-refractivity contribution >= 4 is 40.4 Å². The van der Waals surface area contributed by atoms with Gasteiger partial charge in [-0.2, -0.15) is 0 Å². The van der Waals surface area contributed by atoms with Crippen LogP contribution in [0.1, 0.15) is 49.4 Å². The highest BCUT2D eigenvalue weighted by molar-refractivity contribution is 6.16. The molecule has 9 heteroatoms. The molecule has 0 unspecified atom stereocenters. The van der Waals surface area contributed by atoms with E-state index in [2.05, 4.69) is 16.0 Å². The van der Waals surface area contributed by atoms with E-state index in [4.69, 9.17) is 4.42 Å². The molecule has 192 valence electrons. The van der Waals surface area contributed by atoms with Crippen LogP contribution >= 0.6 is 0 Å². The van der Waals surface area contributed by atoms with Crippen molar-refractivity contribution in [3.8, 4) is 0 Å². The number of Topliss-reactive ketones (excluding diaryl/α,β-unsaturated/α-hetero) is 1. The molecule has 0 saturated carbocycles. The highest BCUT2D eigenvalue weighted by Crippen LogP contribution is 2.25. The number of ketones is 1. The first-order chi connectivity index (χ1) is 17.7. The quantitative estimate of drug-likeness (QED) is 0.304. The number of rotatable bonds is 9. The summed E-state index contributed by atoms with van der Waals surface area (Å²) in [6, 6.07) is 16.2. The lowest BCUT2D eigenvalue weighted by molar-refractivity contribution is -0.137. The van der Waals surface area contributed by atoms with Crippen LogP contribution in [0.5, 0.6) is 0 Å². The lowest BCUT2D eigenvalue weighted by Crippen LogP contribution is -2.49. The van der Waals surface area contributed by atoms with Gasteiger partial charge in [0, 0.05) is 5.39 Å². The molecule has 4 rings (SSSR count). The lowest BCUT2D eigenvalue weighted by Gasteiger charge is -2.26. The number of carbonyl (C=O) groups excluding carboxylic acids is 5. The topological polar surface area (TPSA) is 135 Å². The van der Waals surface area contributed by atoms with Crippen molar-refractivity contribution in [2.75, 3.05) is 0 Å². The van der Waals surface area contributed by atoms with E-state index >= 15 is 0 Å². The molecule has 0 aliphatic carbocycles. The summed E-state index contributed by atoms with van der Waals surface area (Å²) in [5.74, 6) is -4.81. The van der Waals surface area contributed by atoms with Crippen LogP contribution in [-0.2, 0) is 19.2 Å². The normalized spacial score (nSPS) is 18.9. The molecule has 0 bridgehead atoms. The van der Waals surface area contributed by atoms with Crippen LogP contribution in [0.25, 0.3) is 11.0 Å². The van der Waals surface area contributed by atoms with Crippen LogP contribution in [0.2, 0.25) is 0 Å². The third-order valence-electron chi connectivity index (χ3n) is 6.58. The zero-order valence-electron chi connectivity index (χ0n) is 20.8. The summed E-state index contributed by atoms with van der Waals surface area (Å²) in [5.41, 5.74) is 1.27. The Morgan fingerprint density at radius 2 is 1.62 bits per heavy atom. The number of para-hydroxylation sites is 1. The molecule has 3 N–H and O–H groups in total. The van der Waals surface area contributed by atoms with Gasteiger partial charge in [0.1, 0.15) is 11.5 Å². The molecule has 4 atom stereocenters. The lowest BCUT2D eigenvalue weighted by atomic mass is 9.85. The number of nitrogens with one attached hydrogen (secondary N) is 3. The standard InChI is InChI=1S/C28H29N3O6/c1-15(2)24(25(33)23-16(3)26(34)31-28(23)36)30-22(32)14-19(17-9-5-4-6-10-17)29-27(35)21-13-18-11-7-8-12-20(18)37-21/h4-13,15-16,19,23-24H,14H2,1-3H3,(H,29,35)(H,30,32)(H,31,34,36)/t16-,19+,23-,24-/m1/s1. The number of imide groups is 1. The predicted octanol–water partition coefficient (Wildman–Crippen LogP) is 2.91. The molecule has 1 aliphatic rings. The monoisotopic (exact) mass is 503 g/mol. The summed E-state index contributed by atoms with van der Waals surface area (Å²) in [6.07, 6.45) is -0.155. The molecule has 2 heterocycles. The molecule has 0 radical (unpaired) electrons. The summed E-state index contributed by atoms with van der Waals surface area (Å²) in [5, 5.41) is 8.55. The summed E-state index contributed by atoms with van der Waals surface area (Å²) in [6.45, 7) is 5.02. The van der Waals surface area contributed by atoms with Gasteiger partial charge in [-0.15, -0.1) is 0 Å². The molecule has 37 heavy (non-hydrogen) atoms. The fraction of sp³-hybridized carbons (Fsp3) is 0.321. The van der Waals surface area contributed by atoms with Crippen LogP contribution in [-0.4, -0.2) is 35.5 Å². The number of amides is 4. The number of hydrogen-bond acceptors (Lipinski definition) is 6. The summed E-state index contributed by atoms with van der Waals surface area (Å²) in [4.78, 5) is 63.4. The molecule has 9 nitrogen and oxygen atoms in total. The van der Waals surface area contributed by atoms with Gasteiger partial charge in [0.25, 0.3) is 5.91 Å². The maximum absolute atomic E-state index is 13.2. The number of carbonyl (C=O) groups is 5. The first-order valence-corrected chi connectivity index (χ1v) is 12.2. The molecular formula is C28H29N3O6. The van der Waals surface area contributed by atoms with Crippen molar-refractivity contribution in [2.45, 2.75) is 39.3 Å². The Hall–Kier alpha value is -4.27. The van der Waals surface area contributed by atoms with Gasteiger partial charge in [-0.05, 0) is 23.6 Å². The Balaban J connectivity index is 1.51. The van der Waals surface area contributed by atoms with E-state index < -0.39 is 53.3 Å². The zero-order chi connectivity index (χ0) is 26.7. The maximum atomic E-state index is 13.2. The summed E-state index contributed by atoms with van der Waals surface area (Å²) in [7, 11) is 0. The highest BCUT2D eigenvalue weighted by Gasteiger charge is 2.46. The minimum atomic E-state index is -1.15. The Bertz CT molecular complexity index is 1310. The van der Waals surface area contributed by atoms with E-state index in [-0.39, 0.29) is 18.1 Å². The average molecular weight is 504 g/mol. The molecule has 4 amide bonds. The van der Waals surface area contributed by atoms with Gasteiger partial charge in [-0.1, -0.05) is 69.3 Å². The van der Waals surface area contributed by atoms with Crippen LogP contribution in [0.4, 0.5) is 0 Å². The third-order valence-corrected chi connectivity index (χ3v) is 6.58. The molecule has 1 saturated heterocycles. The molecular weight excluding hydrogens is 474 g/mol. The van der Waals surface area contributed by atoms with Crippen molar-refractivity contribution < 1.29 is 28.4 Å². The average Bonchev–Trinajstić information content (AvgIpc) is 3.42. The second-order valence-electron chi connectivity index (χ2n) is 9.60. The Kier molecular flexibility index (Phi) is 7.52. The van der Waals surface area contributed by atoms with E-state index in [1.165, 1.54) is 6.92 Å². The van der Waals surface area contributed by atoms with Gasteiger partial charge in [0.05, 0.1) is 24.4 Å². The van der Waals surface area contributed by atoms with Crippen LogP contribution < -0.4 is 16.0 Å². The second-order valence-corrected chi connectivity index (χ2v) is 9.60. The van der Waals surface area contributed by atoms with Crippen LogP contribution in [0.3, 0.4) is 0 Å². The van der Waals surface area contributed by atoms with Crippen LogP contribution in [0, 0.1) is 17.8 Å². The van der Waals surface area contributed by atoms with Crippen molar-refractivity contribution in [1.29, 1.82) is 0 Å². The minimum absolute atomic E-state index is 0.115. The third kappa shape index (κ3) is 5.61. The molecule has 1 aromatic heterocycles. The number of fused-ring (bicyclic) bond motifs is 1. The van der Waals surface area contributed by atoms with Crippen LogP contribution in [0.15, 0.2) is 65.1 Å². The van der Waals surface area contributed by atoms with Gasteiger partial charge >= 0.3 is 0 Å². The SMILES string of the molecule is CC(C)[C@@H](NC(=O)C[C@H](NC(=O)c1cc2ccccc2o1)c1ccccc1)C(=O)[C@@H]1C(=O)NC(=O)[C@@H]1C. The van der Waals surface area contributed by atoms with Crippen molar-refractivity contribution in [3.63, 3.8) is 0 Å². The van der Waals surface area contributed by atoms with E-state index in [0.717, 1.165) is 5.39 Å². The van der Waals surface area contributed by atoms with E-state index in [1.807, 2.05) is 24.3 Å². The van der Waals surface area contributed by atoms with E-state index in [1.54, 1.807) is 50.2 Å².